The van der Waals surface area contributed by atoms with Crippen molar-refractivity contribution in [1.29, 1.82) is 0 Å². The number of fused-ring (bicyclic) bond motifs is 2. The van der Waals surface area contributed by atoms with Gasteiger partial charge in [-0.2, -0.15) is 0 Å². The van der Waals surface area contributed by atoms with Crippen LogP contribution in [-0.4, -0.2) is 106 Å². The fourth-order valence-corrected chi connectivity index (χ4v) is 8.10. The molecule has 69 heavy (non-hydrogen) atoms. The summed E-state index contributed by atoms with van der Waals surface area (Å²) >= 11 is 0. The number of aryl methyl sites for hydroxylation is 1. The molecule has 0 bridgehead atoms. The van der Waals surface area contributed by atoms with Gasteiger partial charge in [0.2, 0.25) is 23.6 Å². The predicted molar refractivity (Wildman–Crippen MR) is 247 cm³/mol. The topological polar surface area (TPSA) is 233 Å². The Hall–Kier alpha value is -7.22. The molecule has 4 atom stereocenters. The fourth-order valence-electron chi connectivity index (χ4n) is 8.10. The Bertz CT molecular complexity index is 2470. The summed E-state index contributed by atoms with van der Waals surface area (Å²) in [6.45, 7) is 6.69. The van der Waals surface area contributed by atoms with Crippen LogP contribution in [0.3, 0.4) is 0 Å². The zero-order chi connectivity index (χ0) is 49.9. The molecule has 18 nitrogen and oxygen atoms in total. The molecule has 2 unspecified atom stereocenters. The molecule has 0 radical (unpaired) electrons. The molecule has 3 aromatic rings. The number of hydrogen-bond donors (Lipinski definition) is 5. The number of ether oxygens (including phenoxy) is 2. The third kappa shape index (κ3) is 13.1. The third-order valence-electron chi connectivity index (χ3n) is 11.9. The maximum atomic E-state index is 15.5. The zero-order valence-corrected chi connectivity index (χ0v) is 38.9. The minimum Gasteiger partial charge on any atom is -0.490 e. The minimum atomic E-state index is -1.56. The van der Waals surface area contributed by atoms with Crippen LogP contribution in [0.4, 0.5) is 30.6 Å². The SMILES string of the molecule is Cc1cc(NC(=O)CCCOc2cc3c(cc2F)C(=O)N2CCCC2C(O)N3C(=O)OCc2ccc(NC(=O)[C@H](C)NC(=O)[C@@H](NC(=O)CCCCCN3C(=O)C=CC3=O)C(C)C)cc2)ccc1F. The highest BCUT2D eigenvalue weighted by atomic mass is 19.1. The molecule has 0 saturated carbocycles. The molecule has 3 aromatic carbocycles. The predicted octanol–water partition coefficient (Wildman–Crippen LogP) is 5.22. The number of aliphatic hydroxyl groups is 1. The van der Waals surface area contributed by atoms with Crippen LogP contribution < -0.4 is 30.9 Å². The number of imide groups is 1. The van der Waals surface area contributed by atoms with Crippen LogP contribution in [0.2, 0.25) is 0 Å². The second-order valence-electron chi connectivity index (χ2n) is 17.5. The van der Waals surface area contributed by atoms with E-state index < -0.39 is 59.8 Å². The Morgan fingerprint density at radius 1 is 0.797 bits per heavy atom. The first-order valence-electron chi connectivity index (χ1n) is 22.9. The van der Waals surface area contributed by atoms with E-state index in [4.69, 9.17) is 9.47 Å². The molecular weight excluding hydrogens is 901 g/mol. The van der Waals surface area contributed by atoms with Crippen molar-refractivity contribution in [2.75, 3.05) is 35.2 Å². The number of halogens is 2. The summed E-state index contributed by atoms with van der Waals surface area (Å²) in [7, 11) is 0. The van der Waals surface area contributed by atoms with Gasteiger partial charge in [0.05, 0.1) is 23.9 Å². The summed E-state index contributed by atoms with van der Waals surface area (Å²) in [5, 5.41) is 22.3. The number of anilines is 3. The summed E-state index contributed by atoms with van der Waals surface area (Å²) in [5.74, 6) is -5.06. The molecular formula is C49H57F2N7O11. The second-order valence-corrected chi connectivity index (χ2v) is 17.5. The van der Waals surface area contributed by atoms with Gasteiger partial charge in [0.15, 0.2) is 17.8 Å². The first kappa shape index (κ1) is 51.2. The van der Waals surface area contributed by atoms with Crippen molar-refractivity contribution in [1.82, 2.24) is 20.4 Å². The van der Waals surface area contributed by atoms with Gasteiger partial charge in [0, 0.05) is 55.5 Å². The van der Waals surface area contributed by atoms with Crippen molar-refractivity contribution in [2.45, 2.75) is 110 Å². The van der Waals surface area contributed by atoms with E-state index in [1.807, 2.05) is 0 Å². The second kappa shape index (κ2) is 23.2. The number of hydrogen-bond acceptors (Lipinski definition) is 11. The average molecular weight is 958 g/mol. The van der Waals surface area contributed by atoms with Crippen LogP contribution in [0.15, 0.2) is 66.7 Å². The molecule has 1 fully saturated rings. The Balaban J connectivity index is 0.998. The monoisotopic (exact) mass is 957 g/mol. The van der Waals surface area contributed by atoms with Crippen molar-refractivity contribution in [2.24, 2.45) is 5.92 Å². The van der Waals surface area contributed by atoms with E-state index in [1.54, 1.807) is 45.0 Å². The van der Waals surface area contributed by atoms with E-state index in [9.17, 15) is 47.9 Å². The summed E-state index contributed by atoms with van der Waals surface area (Å²) in [6.07, 6.45) is 2.64. The first-order valence-corrected chi connectivity index (χ1v) is 22.9. The standard InChI is InChI=1S/C49H57F2N7O11/c1-28(2)44(55-41(60)11-6-5-7-21-57-42(61)19-20-43(57)62)46(64)52-30(4)45(63)54-32-15-13-31(14-16-32)27-69-49(67)58-38-26-39(36(51)25-34(38)47(65)56-22-8-10-37(56)48(58)66)68-23-9-12-40(59)53-33-17-18-35(50)29(3)24-33/h13-20,24-26,28,30,37,44,48,66H,5-12,21-23,27H2,1-4H3,(H,52,64)(H,53,59)(H,54,63)(H,55,60)/t30-,37?,44-,48?/m0/s1. The molecule has 5 N–H and O–H groups in total. The van der Waals surface area contributed by atoms with E-state index >= 15 is 4.39 Å². The molecule has 1 saturated heterocycles. The van der Waals surface area contributed by atoms with Gasteiger partial charge in [0.1, 0.15) is 24.5 Å². The molecule has 3 aliphatic rings. The van der Waals surface area contributed by atoms with Gasteiger partial charge in [0.25, 0.3) is 17.7 Å². The lowest BCUT2D eigenvalue weighted by atomic mass is 10.0. The van der Waals surface area contributed by atoms with Gasteiger partial charge < -0.3 is 40.7 Å². The lowest BCUT2D eigenvalue weighted by molar-refractivity contribution is -0.137. The molecule has 6 rings (SSSR count). The Labute approximate surface area is 397 Å². The van der Waals surface area contributed by atoms with Gasteiger partial charge in [-0.05, 0) is 99.4 Å². The van der Waals surface area contributed by atoms with Crippen molar-refractivity contribution in [3.8, 4) is 5.75 Å². The number of benzene rings is 3. The van der Waals surface area contributed by atoms with E-state index in [0.29, 0.717) is 54.6 Å². The highest BCUT2D eigenvalue weighted by Crippen LogP contribution is 2.38. The minimum absolute atomic E-state index is 0.0127. The largest absolute Gasteiger partial charge is 0.490 e. The third-order valence-corrected chi connectivity index (χ3v) is 11.9. The molecule has 368 valence electrons. The summed E-state index contributed by atoms with van der Waals surface area (Å²) in [4.78, 5) is 106. The van der Waals surface area contributed by atoms with Gasteiger partial charge in [-0.25, -0.2) is 18.5 Å². The maximum absolute atomic E-state index is 15.5. The number of nitrogens with zero attached hydrogens (tertiary/aromatic N) is 3. The van der Waals surface area contributed by atoms with Crippen LogP contribution >= 0.6 is 0 Å². The van der Waals surface area contributed by atoms with Gasteiger partial charge in [-0.1, -0.05) is 32.4 Å². The lowest BCUT2D eigenvalue weighted by Crippen LogP contribution is -2.53. The van der Waals surface area contributed by atoms with E-state index in [2.05, 4.69) is 21.3 Å². The smallest absolute Gasteiger partial charge is 0.416 e. The Morgan fingerprint density at radius 2 is 1.49 bits per heavy atom. The Morgan fingerprint density at radius 3 is 2.19 bits per heavy atom. The number of amides is 8. The molecule has 0 spiro atoms. The van der Waals surface area contributed by atoms with Crippen molar-refractivity contribution >= 4 is 64.5 Å². The number of aliphatic hydroxyl groups excluding tert-OH is 1. The number of unbranched alkanes of at least 4 members (excludes halogenated alkanes) is 2. The number of carbonyl (C=O) groups excluding carboxylic acids is 8. The van der Waals surface area contributed by atoms with Crippen LogP contribution in [-0.2, 0) is 40.1 Å². The van der Waals surface area contributed by atoms with Gasteiger partial charge >= 0.3 is 6.09 Å². The molecule has 0 aliphatic carbocycles. The van der Waals surface area contributed by atoms with Gasteiger partial charge in [-0.15, -0.1) is 0 Å². The highest BCUT2D eigenvalue weighted by molar-refractivity contribution is 6.13. The van der Waals surface area contributed by atoms with Crippen LogP contribution in [0.5, 0.6) is 5.75 Å². The van der Waals surface area contributed by atoms with Gasteiger partial charge in [-0.3, -0.25) is 38.5 Å². The number of carbonyl (C=O) groups is 8. The van der Waals surface area contributed by atoms with E-state index in [0.717, 1.165) is 21.9 Å². The lowest BCUT2D eigenvalue weighted by Gasteiger charge is -2.31. The van der Waals surface area contributed by atoms with Crippen molar-refractivity contribution < 1.29 is 61.7 Å². The van der Waals surface area contributed by atoms with Crippen LogP contribution in [0.1, 0.15) is 93.6 Å². The van der Waals surface area contributed by atoms with E-state index in [1.165, 1.54) is 42.2 Å². The van der Waals surface area contributed by atoms with Crippen molar-refractivity contribution in [3.63, 3.8) is 0 Å². The summed E-state index contributed by atoms with van der Waals surface area (Å²) in [5.41, 5.74) is 1.31. The molecule has 0 aromatic heterocycles. The maximum Gasteiger partial charge on any atom is 0.416 e. The molecule has 8 amide bonds. The number of rotatable bonds is 20. The van der Waals surface area contributed by atoms with Crippen LogP contribution in [0.25, 0.3) is 0 Å². The van der Waals surface area contributed by atoms with Crippen molar-refractivity contribution in [3.05, 3.63) is 95.1 Å². The summed E-state index contributed by atoms with van der Waals surface area (Å²) < 4.78 is 40.4. The normalized spacial score (nSPS) is 17.2. The van der Waals surface area contributed by atoms with Crippen LogP contribution in [0, 0.1) is 24.5 Å². The van der Waals surface area contributed by atoms with E-state index in [-0.39, 0.29) is 92.1 Å². The fraction of sp³-hybridized carbons (Fsp3) is 0.429. The highest BCUT2D eigenvalue weighted by Gasteiger charge is 2.45. The quantitative estimate of drug-likeness (QED) is 0.0728. The molecule has 3 aliphatic heterocycles. The number of nitrogens with one attached hydrogen (secondary N) is 4. The molecule has 20 heteroatoms. The zero-order valence-electron chi connectivity index (χ0n) is 38.9. The average Bonchev–Trinajstić information content (AvgIpc) is 3.92. The molecule has 3 heterocycles. The Kier molecular flexibility index (Phi) is 17.2. The summed E-state index contributed by atoms with van der Waals surface area (Å²) in [6, 6.07) is 9.80. The first-order chi connectivity index (χ1) is 32.9.